The molecule has 0 saturated heterocycles. The third kappa shape index (κ3) is 7.52. The van der Waals surface area contributed by atoms with E-state index in [0.717, 1.165) is 17.7 Å². The molecule has 1 aliphatic heterocycles. The van der Waals surface area contributed by atoms with Gasteiger partial charge in [0.25, 0.3) is 0 Å². The lowest BCUT2D eigenvalue weighted by molar-refractivity contribution is -0.136. The number of aliphatic hydroxyl groups is 1. The van der Waals surface area contributed by atoms with Gasteiger partial charge in [0.2, 0.25) is 5.91 Å². The van der Waals surface area contributed by atoms with Gasteiger partial charge in [-0.2, -0.15) is 0 Å². The average molecular weight is 477 g/mol. The van der Waals surface area contributed by atoms with Crippen LogP contribution in [0.1, 0.15) is 29.0 Å². The Labute approximate surface area is 200 Å². The van der Waals surface area contributed by atoms with Crippen LogP contribution in [0.5, 0.6) is 5.75 Å². The van der Waals surface area contributed by atoms with Crippen molar-refractivity contribution in [2.24, 2.45) is 0 Å². The molecule has 0 fully saturated rings. The van der Waals surface area contributed by atoms with Crippen molar-refractivity contribution in [3.05, 3.63) is 51.7 Å². The highest BCUT2D eigenvalue weighted by Gasteiger charge is 2.33. The fourth-order valence-electron chi connectivity index (χ4n) is 4.10. The molecule has 0 aliphatic carbocycles. The molecule has 1 N–H and O–H groups in total. The molecule has 0 unspecified atom stereocenters. The van der Waals surface area contributed by atoms with Crippen molar-refractivity contribution in [2.45, 2.75) is 32.4 Å². The molecule has 2 aromatic rings. The molecule has 0 saturated carbocycles. The summed E-state index contributed by atoms with van der Waals surface area (Å²) in [6, 6.07) is 9.95. The van der Waals surface area contributed by atoms with Crippen molar-refractivity contribution in [3.8, 4) is 5.75 Å². The van der Waals surface area contributed by atoms with Crippen LogP contribution < -0.4 is 4.74 Å². The number of hydrogen-bond acceptors (Lipinski definition) is 7. The first-order valence-electron chi connectivity index (χ1n) is 11.5. The highest BCUT2D eigenvalue weighted by Crippen LogP contribution is 2.34. The lowest BCUT2D eigenvalue weighted by atomic mass is 10.0. The minimum Gasteiger partial charge on any atom is -0.491 e. The molecule has 182 valence electrons. The monoisotopic (exact) mass is 476 g/mol. The topological polar surface area (TPSA) is 71.5 Å². The zero-order valence-corrected chi connectivity index (χ0v) is 20.7. The van der Waals surface area contributed by atoms with Crippen molar-refractivity contribution in [1.82, 2.24) is 9.80 Å². The highest BCUT2D eigenvalue weighted by molar-refractivity contribution is 7.10. The Balaban J connectivity index is 1.69. The van der Waals surface area contributed by atoms with Gasteiger partial charge >= 0.3 is 0 Å². The lowest BCUT2D eigenvalue weighted by Crippen LogP contribution is -2.48. The Morgan fingerprint density at radius 3 is 2.97 bits per heavy atom. The van der Waals surface area contributed by atoms with E-state index < -0.39 is 6.10 Å². The van der Waals surface area contributed by atoms with Gasteiger partial charge in [-0.1, -0.05) is 12.1 Å². The first-order chi connectivity index (χ1) is 16.0. The summed E-state index contributed by atoms with van der Waals surface area (Å²) in [5, 5.41) is 12.4. The number of amides is 1. The smallest absolute Gasteiger partial charge is 0.237 e. The maximum Gasteiger partial charge on any atom is 0.237 e. The summed E-state index contributed by atoms with van der Waals surface area (Å²) >= 11 is 1.74. The van der Waals surface area contributed by atoms with Gasteiger partial charge in [0.1, 0.15) is 12.4 Å². The number of benzene rings is 1. The Morgan fingerprint density at radius 1 is 1.36 bits per heavy atom. The number of ether oxygens (including phenoxy) is 3. The maximum atomic E-state index is 13.5. The molecule has 2 heterocycles. The van der Waals surface area contributed by atoms with Gasteiger partial charge in [-0.05, 0) is 55.0 Å². The summed E-state index contributed by atoms with van der Waals surface area (Å²) in [6.45, 7) is 7.43. The predicted molar refractivity (Wildman–Crippen MR) is 130 cm³/mol. The SMILES string of the molecule is CCOC[C@@H](O)CN(CCOC)CC(=O)N1CCc2sccc2[C@H]1COc1cccc(C)c1. The third-order valence-electron chi connectivity index (χ3n) is 5.77. The van der Waals surface area contributed by atoms with E-state index in [-0.39, 0.29) is 25.1 Å². The second kappa shape index (κ2) is 13.1. The van der Waals surface area contributed by atoms with E-state index in [1.165, 1.54) is 10.4 Å². The first kappa shape index (κ1) is 25.6. The molecule has 33 heavy (non-hydrogen) atoms. The van der Waals surface area contributed by atoms with E-state index in [0.29, 0.717) is 39.5 Å². The van der Waals surface area contributed by atoms with Gasteiger partial charge in [-0.3, -0.25) is 9.69 Å². The number of carbonyl (C=O) groups is 1. The average Bonchev–Trinajstić information content (AvgIpc) is 3.28. The molecule has 8 heteroatoms. The fraction of sp³-hybridized carbons (Fsp3) is 0.560. The van der Waals surface area contributed by atoms with Gasteiger partial charge in [0.05, 0.1) is 31.9 Å². The normalized spacial score (nSPS) is 16.6. The Hall–Kier alpha value is -1.97. The number of hydrogen-bond donors (Lipinski definition) is 1. The fourth-order valence-corrected chi connectivity index (χ4v) is 5.03. The van der Waals surface area contributed by atoms with Gasteiger partial charge in [0.15, 0.2) is 0 Å². The maximum absolute atomic E-state index is 13.5. The number of aryl methyl sites for hydroxylation is 1. The molecule has 1 aliphatic rings. The highest BCUT2D eigenvalue weighted by atomic mass is 32.1. The van der Waals surface area contributed by atoms with Crippen molar-refractivity contribution in [3.63, 3.8) is 0 Å². The molecule has 0 bridgehead atoms. The predicted octanol–water partition coefficient (Wildman–Crippen LogP) is 2.91. The second-order valence-corrected chi connectivity index (χ2v) is 9.32. The van der Waals surface area contributed by atoms with E-state index in [9.17, 15) is 9.90 Å². The quantitative estimate of drug-likeness (QED) is 0.479. The lowest BCUT2D eigenvalue weighted by Gasteiger charge is -2.37. The number of fused-ring (bicyclic) bond motifs is 1. The number of aliphatic hydroxyl groups excluding tert-OH is 1. The number of thiophene rings is 1. The van der Waals surface area contributed by atoms with E-state index in [2.05, 4.69) is 11.4 Å². The largest absolute Gasteiger partial charge is 0.491 e. The van der Waals surface area contributed by atoms with Crippen LogP contribution in [-0.4, -0.2) is 86.6 Å². The summed E-state index contributed by atoms with van der Waals surface area (Å²) in [4.78, 5) is 18.6. The molecule has 1 aromatic heterocycles. The van der Waals surface area contributed by atoms with Crippen LogP contribution in [0.2, 0.25) is 0 Å². The molecule has 1 aromatic carbocycles. The van der Waals surface area contributed by atoms with Crippen molar-refractivity contribution >= 4 is 17.2 Å². The first-order valence-corrected chi connectivity index (χ1v) is 12.4. The number of carbonyl (C=O) groups excluding carboxylic acids is 1. The van der Waals surface area contributed by atoms with Crippen LogP contribution in [0, 0.1) is 6.92 Å². The van der Waals surface area contributed by atoms with E-state index >= 15 is 0 Å². The van der Waals surface area contributed by atoms with Crippen LogP contribution >= 0.6 is 11.3 Å². The van der Waals surface area contributed by atoms with Crippen molar-refractivity contribution < 1.29 is 24.1 Å². The van der Waals surface area contributed by atoms with Crippen LogP contribution in [0.25, 0.3) is 0 Å². The van der Waals surface area contributed by atoms with Gasteiger partial charge in [-0.25, -0.2) is 0 Å². The standard InChI is InChI=1S/C25H36N2O5S/c1-4-31-17-20(28)15-26(11-12-30-3)16-25(29)27-10-8-24-22(9-13-33-24)23(27)18-32-21-7-5-6-19(2)14-21/h5-7,9,13-14,20,23,28H,4,8,10-12,15-18H2,1-3H3/t20-,23+/m0/s1. The number of rotatable bonds is 13. The zero-order valence-electron chi connectivity index (χ0n) is 19.9. The summed E-state index contributed by atoms with van der Waals surface area (Å²) in [7, 11) is 1.64. The van der Waals surface area contributed by atoms with Crippen LogP contribution in [0.3, 0.4) is 0 Å². The van der Waals surface area contributed by atoms with E-state index in [4.69, 9.17) is 14.2 Å². The molecule has 2 atom stereocenters. The molecule has 1 amide bonds. The third-order valence-corrected chi connectivity index (χ3v) is 6.76. The summed E-state index contributed by atoms with van der Waals surface area (Å²) in [6.07, 6.45) is 0.199. The van der Waals surface area contributed by atoms with Crippen molar-refractivity contribution in [2.75, 3.05) is 59.7 Å². The molecular weight excluding hydrogens is 440 g/mol. The summed E-state index contributed by atoms with van der Waals surface area (Å²) < 4.78 is 16.7. The minimum absolute atomic E-state index is 0.0319. The van der Waals surface area contributed by atoms with Gasteiger partial charge < -0.3 is 24.2 Å². The molecule has 3 rings (SSSR count). The number of methoxy groups -OCH3 is 1. The van der Waals surface area contributed by atoms with E-state index in [1.54, 1.807) is 18.4 Å². The molecule has 0 spiro atoms. The Morgan fingerprint density at radius 2 is 2.21 bits per heavy atom. The molecular formula is C25H36N2O5S. The molecule has 0 radical (unpaired) electrons. The van der Waals surface area contributed by atoms with Gasteiger partial charge in [-0.15, -0.1) is 11.3 Å². The summed E-state index contributed by atoms with van der Waals surface area (Å²) in [5.41, 5.74) is 2.31. The van der Waals surface area contributed by atoms with Crippen LogP contribution in [0.4, 0.5) is 0 Å². The zero-order chi connectivity index (χ0) is 23.6. The summed E-state index contributed by atoms with van der Waals surface area (Å²) in [5.74, 6) is 0.843. The minimum atomic E-state index is -0.653. The van der Waals surface area contributed by atoms with Crippen LogP contribution in [0.15, 0.2) is 35.7 Å². The van der Waals surface area contributed by atoms with Crippen molar-refractivity contribution in [1.29, 1.82) is 0 Å². The molecule has 7 nitrogen and oxygen atoms in total. The van der Waals surface area contributed by atoms with Gasteiger partial charge in [0, 0.05) is 38.2 Å². The van der Waals surface area contributed by atoms with E-state index in [1.807, 2.05) is 47.9 Å². The Kier molecular flexibility index (Phi) is 10.1. The Bertz CT molecular complexity index is 874. The number of nitrogens with zero attached hydrogens (tertiary/aromatic N) is 2. The second-order valence-electron chi connectivity index (χ2n) is 8.32. The van der Waals surface area contributed by atoms with Crippen LogP contribution in [-0.2, 0) is 20.7 Å².